The smallest absolute Gasteiger partial charge is 0.115 e. The van der Waals surface area contributed by atoms with E-state index in [2.05, 4.69) is 25.2 Å². The molecule has 0 aliphatic rings. The normalized spacial score (nSPS) is 13.1. The van der Waals surface area contributed by atoms with Crippen molar-refractivity contribution < 1.29 is 5.11 Å². The van der Waals surface area contributed by atoms with Gasteiger partial charge in [0, 0.05) is 6.04 Å². The molecule has 84 valence electrons. The average molecular weight is 207 g/mol. The molecule has 0 amide bonds. The third kappa shape index (κ3) is 4.34. The molecule has 2 heteroatoms. The molecule has 2 nitrogen and oxygen atoms in total. The molecule has 0 radical (unpaired) electrons. The van der Waals surface area contributed by atoms with Gasteiger partial charge in [0.15, 0.2) is 0 Å². The lowest BCUT2D eigenvalue weighted by molar-refractivity contribution is 0.439. The van der Waals surface area contributed by atoms with Crippen molar-refractivity contribution in [2.45, 2.75) is 32.7 Å². The first-order valence-corrected chi connectivity index (χ1v) is 5.57. The zero-order valence-corrected chi connectivity index (χ0v) is 9.83. The predicted octanol–water partition coefficient (Wildman–Crippen LogP) is 2.57. The van der Waals surface area contributed by atoms with Gasteiger partial charge in [0.25, 0.3) is 0 Å². The molecule has 0 aliphatic heterocycles. The summed E-state index contributed by atoms with van der Waals surface area (Å²) in [6.45, 7) is 4.46. The molecule has 2 N–H and O–H groups in total. The summed E-state index contributed by atoms with van der Waals surface area (Å²) in [4.78, 5) is 0. The van der Waals surface area contributed by atoms with Gasteiger partial charge in [-0.2, -0.15) is 0 Å². The highest BCUT2D eigenvalue weighted by atomic mass is 16.3. The highest BCUT2D eigenvalue weighted by Gasteiger charge is 2.09. The summed E-state index contributed by atoms with van der Waals surface area (Å²) >= 11 is 0. The zero-order valence-electron chi connectivity index (χ0n) is 9.83. The van der Waals surface area contributed by atoms with Crippen LogP contribution >= 0.6 is 0 Å². The Morgan fingerprint density at radius 1 is 1.33 bits per heavy atom. The molecule has 0 heterocycles. The molecule has 0 aromatic heterocycles. The second-order valence-electron chi connectivity index (χ2n) is 4.49. The Balaban J connectivity index is 2.58. The van der Waals surface area contributed by atoms with Gasteiger partial charge in [-0.25, -0.2) is 0 Å². The minimum Gasteiger partial charge on any atom is -0.508 e. The second-order valence-corrected chi connectivity index (χ2v) is 4.49. The highest BCUT2D eigenvalue weighted by Crippen LogP contribution is 2.15. The Kier molecular flexibility index (Phi) is 4.63. The Bertz CT molecular complexity index is 296. The van der Waals surface area contributed by atoms with E-state index in [1.807, 2.05) is 19.2 Å². The van der Waals surface area contributed by atoms with E-state index in [4.69, 9.17) is 0 Å². The quantitative estimate of drug-likeness (QED) is 0.777. The van der Waals surface area contributed by atoms with Gasteiger partial charge in [0.1, 0.15) is 5.75 Å². The van der Waals surface area contributed by atoms with Crippen molar-refractivity contribution in [3.8, 4) is 5.75 Å². The van der Waals surface area contributed by atoms with E-state index in [9.17, 15) is 5.11 Å². The molecular formula is C13H21NO. The minimum absolute atomic E-state index is 0.354. The number of rotatable bonds is 5. The van der Waals surface area contributed by atoms with Crippen LogP contribution in [0.2, 0.25) is 0 Å². The minimum atomic E-state index is 0.354. The molecule has 1 aromatic carbocycles. The third-order valence-electron chi connectivity index (χ3n) is 2.56. The summed E-state index contributed by atoms with van der Waals surface area (Å²) in [5.74, 6) is 1.05. The van der Waals surface area contributed by atoms with Gasteiger partial charge < -0.3 is 10.4 Å². The van der Waals surface area contributed by atoms with Crippen LogP contribution in [0.3, 0.4) is 0 Å². The number of phenolic OH excluding ortho intramolecular Hbond substituents is 1. The molecule has 0 saturated carbocycles. The Labute approximate surface area is 92.3 Å². The fraction of sp³-hybridized carbons (Fsp3) is 0.538. The molecule has 1 rings (SSSR count). The SMILES string of the molecule is CNC(Cc1cccc(O)c1)CC(C)C. The summed E-state index contributed by atoms with van der Waals surface area (Å²) in [6, 6.07) is 7.99. The largest absolute Gasteiger partial charge is 0.508 e. The summed E-state index contributed by atoms with van der Waals surface area (Å²) in [5.41, 5.74) is 1.19. The second kappa shape index (κ2) is 5.76. The van der Waals surface area contributed by atoms with E-state index in [1.54, 1.807) is 6.07 Å². The highest BCUT2D eigenvalue weighted by molar-refractivity contribution is 5.27. The maximum atomic E-state index is 9.36. The van der Waals surface area contributed by atoms with E-state index >= 15 is 0 Å². The Morgan fingerprint density at radius 3 is 2.60 bits per heavy atom. The average Bonchev–Trinajstić information content (AvgIpc) is 2.16. The molecule has 15 heavy (non-hydrogen) atoms. The summed E-state index contributed by atoms with van der Waals surface area (Å²) in [7, 11) is 2.00. The van der Waals surface area contributed by atoms with Gasteiger partial charge in [-0.3, -0.25) is 0 Å². The molecule has 0 fully saturated rings. The fourth-order valence-electron chi connectivity index (χ4n) is 1.84. The maximum Gasteiger partial charge on any atom is 0.115 e. The number of benzene rings is 1. The lowest BCUT2D eigenvalue weighted by Crippen LogP contribution is -2.29. The van der Waals surface area contributed by atoms with E-state index in [0.29, 0.717) is 17.7 Å². The molecule has 1 aromatic rings. The van der Waals surface area contributed by atoms with Gasteiger partial charge in [-0.15, -0.1) is 0 Å². The number of nitrogens with one attached hydrogen (secondary N) is 1. The van der Waals surface area contributed by atoms with Crippen molar-refractivity contribution in [2.24, 2.45) is 5.92 Å². The van der Waals surface area contributed by atoms with Crippen LogP contribution in [0.5, 0.6) is 5.75 Å². The molecular weight excluding hydrogens is 186 g/mol. The van der Waals surface area contributed by atoms with E-state index in [0.717, 1.165) is 12.8 Å². The molecule has 1 unspecified atom stereocenters. The van der Waals surface area contributed by atoms with Crippen LogP contribution in [0.4, 0.5) is 0 Å². The van der Waals surface area contributed by atoms with E-state index in [1.165, 1.54) is 5.56 Å². The van der Waals surface area contributed by atoms with Crippen LogP contribution in [-0.2, 0) is 6.42 Å². The first-order chi connectivity index (χ1) is 7.11. The Hall–Kier alpha value is -1.02. The predicted molar refractivity (Wildman–Crippen MR) is 64.1 cm³/mol. The lowest BCUT2D eigenvalue weighted by Gasteiger charge is -2.18. The van der Waals surface area contributed by atoms with Gasteiger partial charge in [-0.1, -0.05) is 26.0 Å². The van der Waals surface area contributed by atoms with Crippen LogP contribution in [-0.4, -0.2) is 18.2 Å². The van der Waals surface area contributed by atoms with Crippen molar-refractivity contribution in [3.05, 3.63) is 29.8 Å². The molecule has 0 aliphatic carbocycles. The third-order valence-corrected chi connectivity index (χ3v) is 2.56. The molecule has 0 spiro atoms. The van der Waals surface area contributed by atoms with Gasteiger partial charge in [-0.05, 0) is 43.5 Å². The summed E-state index contributed by atoms with van der Waals surface area (Å²) in [5, 5.41) is 12.7. The standard InChI is InChI=1S/C13H21NO/c1-10(2)7-12(14-3)8-11-5-4-6-13(15)9-11/h4-6,9-10,12,14-15H,7-8H2,1-3H3. The van der Waals surface area contributed by atoms with Crippen molar-refractivity contribution in [3.63, 3.8) is 0 Å². The van der Waals surface area contributed by atoms with Crippen molar-refractivity contribution in [1.29, 1.82) is 0 Å². The van der Waals surface area contributed by atoms with Crippen LogP contribution < -0.4 is 5.32 Å². The van der Waals surface area contributed by atoms with Gasteiger partial charge >= 0.3 is 0 Å². The maximum absolute atomic E-state index is 9.36. The number of likely N-dealkylation sites (N-methyl/N-ethyl adjacent to an activating group) is 1. The van der Waals surface area contributed by atoms with E-state index < -0.39 is 0 Å². The Morgan fingerprint density at radius 2 is 2.07 bits per heavy atom. The van der Waals surface area contributed by atoms with E-state index in [-0.39, 0.29) is 0 Å². The number of hydrogen-bond donors (Lipinski definition) is 2. The van der Waals surface area contributed by atoms with Crippen molar-refractivity contribution in [2.75, 3.05) is 7.05 Å². The summed E-state index contributed by atoms with van der Waals surface area (Å²) < 4.78 is 0. The topological polar surface area (TPSA) is 32.3 Å². The number of phenols is 1. The first-order valence-electron chi connectivity index (χ1n) is 5.57. The molecule has 0 saturated heterocycles. The molecule has 1 atom stereocenters. The number of aromatic hydroxyl groups is 1. The van der Waals surface area contributed by atoms with Gasteiger partial charge in [0.05, 0.1) is 0 Å². The number of hydrogen-bond acceptors (Lipinski definition) is 2. The molecule has 0 bridgehead atoms. The fourth-order valence-corrected chi connectivity index (χ4v) is 1.84. The van der Waals surface area contributed by atoms with Crippen LogP contribution in [0, 0.1) is 5.92 Å². The van der Waals surface area contributed by atoms with Crippen LogP contribution in [0.1, 0.15) is 25.8 Å². The van der Waals surface area contributed by atoms with Crippen LogP contribution in [0.15, 0.2) is 24.3 Å². The lowest BCUT2D eigenvalue weighted by atomic mass is 9.97. The monoisotopic (exact) mass is 207 g/mol. The van der Waals surface area contributed by atoms with Crippen molar-refractivity contribution >= 4 is 0 Å². The summed E-state index contributed by atoms with van der Waals surface area (Å²) in [6.07, 6.45) is 2.13. The van der Waals surface area contributed by atoms with Gasteiger partial charge in [0.2, 0.25) is 0 Å². The van der Waals surface area contributed by atoms with Crippen molar-refractivity contribution in [1.82, 2.24) is 5.32 Å². The first kappa shape index (κ1) is 12.1. The zero-order chi connectivity index (χ0) is 11.3. The van der Waals surface area contributed by atoms with Crippen LogP contribution in [0.25, 0.3) is 0 Å².